The zero-order valence-electron chi connectivity index (χ0n) is 10.3. The molecule has 1 aliphatic heterocycles. The maximum absolute atomic E-state index is 11.3. The van der Waals surface area contributed by atoms with Crippen molar-refractivity contribution in [3.63, 3.8) is 0 Å². The van der Waals surface area contributed by atoms with Crippen LogP contribution in [-0.2, 0) is 11.2 Å². The Bertz CT molecular complexity index is 430. The van der Waals surface area contributed by atoms with Crippen LogP contribution in [0.2, 0.25) is 0 Å². The summed E-state index contributed by atoms with van der Waals surface area (Å²) in [5.41, 5.74) is 3.31. The van der Waals surface area contributed by atoms with Gasteiger partial charge in [0.05, 0.1) is 5.38 Å². The van der Waals surface area contributed by atoms with Gasteiger partial charge in [-0.15, -0.1) is 11.6 Å². The van der Waals surface area contributed by atoms with Gasteiger partial charge >= 0.3 is 0 Å². The highest BCUT2D eigenvalue weighted by molar-refractivity contribution is 6.21. The maximum Gasteiger partial charge on any atom is 0.224 e. The predicted octanol–water partition coefficient (Wildman–Crippen LogP) is 3.90. The Labute approximate surface area is 107 Å². The van der Waals surface area contributed by atoms with Gasteiger partial charge in [0.2, 0.25) is 5.91 Å². The van der Waals surface area contributed by atoms with Crippen LogP contribution in [0.15, 0.2) is 18.2 Å². The fourth-order valence-electron chi connectivity index (χ4n) is 2.11. The molecule has 2 nitrogen and oxygen atoms in total. The molecule has 0 spiro atoms. The monoisotopic (exact) mass is 251 g/mol. The SMILES string of the molecule is CCC(C)C(Cl)c1ccc2c(c1)CCC(=O)N2. The lowest BCUT2D eigenvalue weighted by molar-refractivity contribution is -0.116. The van der Waals surface area contributed by atoms with Crippen LogP contribution in [0.4, 0.5) is 5.69 Å². The minimum absolute atomic E-state index is 0.0583. The van der Waals surface area contributed by atoms with Crippen LogP contribution in [0.3, 0.4) is 0 Å². The first-order chi connectivity index (χ1) is 8.11. The van der Waals surface area contributed by atoms with Crippen LogP contribution in [0, 0.1) is 5.92 Å². The first kappa shape index (κ1) is 12.4. The molecule has 92 valence electrons. The normalized spacial score (nSPS) is 18.2. The fourth-order valence-corrected chi connectivity index (χ4v) is 2.42. The van der Waals surface area contributed by atoms with Crippen LogP contribution in [0.5, 0.6) is 0 Å². The minimum atomic E-state index is 0.0583. The standard InChI is InChI=1S/C14H18ClNO/c1-3-9(2)14(15)11-4-6-12-10(8-11)5-7-13(17)16-12/h4,6,8-9,14H,3,5,7H2,1-2H3,(H,16,17). The van der Waals surface area contributed by atoms with Crippen molar-refractivity contribution in [2.24, 2.45) is 5.92 Å². The number of alkyl halides is 1. The van der Waals surface area contributed by atoms with Gasteiger partial charge in [0.1, 0.15) is 0 Å². The van der Waals surface area contributed by atoms with Crippen molar-refractivity contribution in [1.82, 2.24) is 0 Å². The molecular formula is C14H18ClNO. The van der Waals surface area contributed by atoms with E-state index in [0.717, 1.165) is 24.1 Å². The number of benzene rings is 1. The molecule has 1 heterocycles. The molecule has 0 saturated carbocycles. The third-order valence-corrected chi connectivity index (χ3v) is 4.17. The van der Waals surface area contributed by atoms with Crippen LogP contribution in [0.1, 0.15) is 43.2 Å². The molecule has 1 aromatic rings. The molecule has 0 radical (unpaired) electrons. The van der Waals surface area contributed by atoms with E-state index in [1.165, 1.54) is 5.56 Å². The van der Waals surface area contributed by atoms with Gasteiger partial charge in [-0.1, -0.05) is 32.4 Å². The highest BCUT2D eigenvalue weighted by atomic mass is 35.5. The molecule has 0 aliphatic carbocycles. The van der Waals surface area contributed by atoms with Gasteiger partial charge in [0.25, 0.3) is 0 Å². The summed E-state index contributed by atoms with van der Waals surface area (Å²) in [5.74, 6) is 0.572. The molecule has 2 atom stereocenters. The molecule has 0 fully saturated rings. The van der Waals surface area contributed by atoms with E-state index < -0.39 is 0 Å². The van der Waals surface area contributed by atoms with Crippen molar-refractivity contribution in [1.29, 1.82) is 0 Å². The Morgan fingerprint density at radius 1 is 1.41 bits per heavy atom. The fraction of sp³-hybridized carbons (Fsp3) is 0.500. The lowest BCUT2D eigenvalue weighted by atomic mass is 9.94. The summed E-state index contributed by atoms with van der Waals surface area (Å²) in [6, 6.07) is 6.13. The number of anilines is 1. The van der Waals surface area contributed by atoms with Gasteiger partial charge < -0.3 is 5.32 Å². The first-order valence-electron chi connectivity index (χ1n) is 6.18. The second-order valence-electron chi connectivity index (χ2n) is 4.75. The van der Waals surface area contributed by atoms with Gasteiger partial charge in [-0.05, 0) is 29.5 Å². The summed E-state index contributed by atoms with van der Waals surface area (Å²) in [6.07, 6.45) is 2.47. The Hall–Kier alpha value is -1.02. The van der Waals surface area contributed by atoms with Crippen LogP contribution in [-0.4, -0.2) is 5.91 Å². The molecule has 1 N–H and O–H groups in total. The number of rotatable bonds is 3. The Kier molecular flexibility index (Phi) is 3.72. The Balaban J connectivity index is 2.24. The van der Waals surface area contributed by atoms with E-state index in [0.29, 0.717) is 12.3 Å². The number of hydrogen-bond acceptors (Lipinski definition) is 1. The van der Waals surface area contributed by atoms with Crippen molar-refractivity contribution in [3.05, 3.63) is 29.3 Å². The molecule has 1 aromatic carbocycles. The quantitative estimate of drug-likeness (QED) is 0.812. The van der Waals surface area contributed by atoms with E-state index >= 15 is 0 Å². The Morgan fingerprint density at radius 2 is 2.18 bits per heavy atom. The predicted molar refractivity (Wildman–Crippen MR) is 71.4 cm³/mol. The van der Waals surface area contributed by atoms with E-state index in [2.05, 4.69) is 25.2 Å². The van der Waals surface area contributed by atoms with E-state index in [1.807, 2.05) is 12.1 Å². The largest absolute Gasteiger partial charge is 0.326 e. The number of carbonyl (C=O) groups is 1. The summed E-state index contributed by atoms with van der Waals surface area (Å²) >= 11 is 6.44. The molecular weight excluding hydrogens is 234 g/mol. The average molecular weight is 252 g/mol. The van der Waals surface area contributed by atoms with Crippen molar-refractivity contribution in [2.45, 2.75) is 38.5 Å². The zero-order valence-corrected chi connectivity index (χ0v) is 11.1. The number of aryl methyl sites for hydroxylation is 1. The molecule has 17 heavy (non-hydrogen) atoms. The van der Waals surface area contributed by atoms with Crippen LogP contribution < -0.4 is 5.32 Å². The number of hydrogen-bond donors (Lipinski definition) is 1. The minimum Gasteiger partial charge on any atom is -0.326 e. The van der Waals surface area contributed by atoms with E-state index in [1.54, 1.807) is 0 Å². The van der Waals surface area contributed by atoms with Crippen molar-refractivity contribution in [2.75, 3.05) is 5.32 Å². The van der Waals surface area contributed by atoms with Crippen molar-refractivity contribution < 1.29 is 4.79 Å². The van der Waals surface area contributed by atoms with Gasteiger partial charge in [-0.25, -0.2) is 0 Å². The van der Waals surface area contributed by atoms with Crippen molar-refractivity contribution in [3.8, 4) is 0 Å². The average Bonchev–Trinajstić information content (AvgIpc) is 2.36. The first-order valence-corrected chi connectivity index (χ1v) is 6.62. The molecule has 1 aliphatic rings. The topological polar surface area (TPSA) is 29.1 Å². The van der Waals surface area contributed by atoms with E-state index in [4.69, 9.17) is 11.6 Å². The number of nitrogens with one attached hydrogen (secondary N) is 1. The van der Waals surface area contributed by atoms with Crippen molar-refractivity contribution >= 4 is 23.2 Å². The molecule has 0 bridgehead atoms. The molecule has 3 heteroatoms. The lowest BCUT2D eigenvalue weighted by Crippen LogP contribution is -2.19. The summed E-state index contributed by atoms with van der Waals surface area (Å²) in [5, 5.41) is 2.95. The second-order valence-corrected chi connectivity index (χ2v) is 5.22. The number of carbonyl (C=O) groups excluding carboxylic acids is 1. The molecule has 2 rings (SSSR count). The van der Waals surface area contributed by atoms with Gasteiger partial charge in [0.15, 0.2) is 0 Å². The lowest BCUT2D eigenvalue weighted by Gasteiger charge is -2.21. The third-order valence-electron chi connectivity index (χ3n) is 3.49. The summed E-state index contributed by atoms with van der Waals surface area (Å²) in [7, 11) is 0. The number of halogens is 1. The molecule has 0 saturated heterocycles. The smallest absolute Gasteiger partial charge is 0.224 e. The van der Waals surface area contributed by atoms with E-state index in [-0.39, 0.29) is 11.3 Å². The van der Waals surface area contributed by atoms with E-state index in [9.17, 15) is 4.79 Å². The zero-order chi connectivity index (χ0) is 12.4. The molecule has 0 aromatic heterocycles. The highest BCUT2D eigenvalue weighted by Gasteiger charge is 2.19. The number of fused-ring (bicyclic) bond motifs is 1. The second kappa shape index (κ2) is 5.09. The maximum atomic E-state index is 11.3. The van der Waals surface area contributed by atoms with Gasteiger partial charge in [0, 0.05) is 12.1 Å². The summed E-state index contributed by atoms with van der Waals surface area (Å²) < 4.78 is 0. The molecule has 1 amide bonds. The van der Waals surface area contributed by atoms with Gasteiger partial charge in [-0.3, -0.25) is 4.79 Å². The van der Waals surface area contributed by atoms with Crippen LogP contribution in [0.25, 0.3) is 0 Å². The molecule has 2 unspecified atom stereocenters. The summed E-state index contributed by atoms with van der Waals surface area (Å²) in [6.45, 7) is 4.32. The van der Waals surface area contributed by atoms with Crippen LogP contribution >= 0.6 is 11.6 Å². The summed E-state index contributed by atoms with van der Waals surface area (Å²) in [4.78, 5) is 11.3. The van der Waals surface area contributed by atoms with Gasteiger partial charge in [-0.2, -0.15) is 0 Å². The Morgan fingerprint density at radius 3 is 2.88 bits per heavy atom. The number of amides is 1. The third kappa shape index (κ3) is 2.63. The highest BCUT2D eigenvalue weighted by Crippen LogP contribution is 2.34.